The van der Waals surface area contributed by atoms with E-state index in [1.54, 1.807) is 28.8 Å². The van der Waals surface area contributed by atoms with Gasteiger partial charge in [-0.25, -0.2) is 9.78 Å². The summed E-state index contributed by atoms with van der Waals surface area (Å²) in [5.41, 5.74) is 1.45. The molecule has 1 aromatic carbocycles. The molecule has 1 amide bonds. The van der Waals surface area contributed by atoms with Crippen molar-refractivity contribution in [2.75, 3.05) is 18.1 Å². The molecule has 3 aromatic rings. The number of carbonyl (C=O) groups is 2. The van der Waals surface area contributed by atoms with Crippen molar-refractivity contribution in [1.82, 2.24) is 9.55 Å². The Kier molecular flexibility index (Phi) is 6.07. The third kappa shape index (κ3) is 4.18. The predicted octanol–water partition coefficient (Wildman–Crippen LogP) is 2.93. The van der Waals surface area contributed by atoms with E-state index in [1.807, 2.05) is 39.0 Å². The molecule has 0 aliphatic carbocycles. The topological polar surface area (TPSA) is 81.5 Å². The minimum Gasteiger partial charge on any atom is -0.452 e. The SMILES string of the molecule is CCN(C(=O)COC(=O)c1cn(CC)c2nc(C)ccc2c1=O)c1ccccc1. The average Bonchev–Trinajstić information content (AvgIpc) is 2.73. The largest absolute Gasteiger partial charge is 0.452 e. The Bertz CT molecular complexity index is 1110. The van der Waals surface area contributed by atoms with Crippen LogP contribution in [0, 0.1) is 6.92 Å². The van der Waals surface area contributed by atoms with E-state index in [9.17, 15) is 14.4 Å². The summed E-state index contributed by atoms with van der Waals surface area (Å²) in [6, 6.07) is 12.5. The number of anilines is 1. The molecule has 7 heteroatoms. The summed E-state index contributed by atoms with van der Waals surface area (Å²) in [5.74, 6) is -1.18. The zero-order valence-corrected chi connectivity index (χ0v) is 16.7. The second kappa shape index (κ2) is 8.68. The number of rotatable bonds is 6. The molecule has 0 aliphatic rings. The lowest BCUT2D eigenvalue weighted by Gasteiger charge is -2.20. The molecule has 0 radical (unpaired) electrons. The van der Waals surface area contributed by atoms with E-state index >= 15 is 0 Å². The molecule has 0 fully saturated rings. The molecule has 3 rings (SSSR count). The number of esters is 1. The number of ether oxygens (including phenoxy) is 1. The molecule has 2 heterocycles. The minimum atomic E-state index is -0.822. The highest BCUT2D eigenvalue weighted by atomic mass is 16.5. The molecular formula is C22H23N3O4. The summed E-state index contributed by atoms with van der Waals surface area (Å²) < 4.78 is 6.91. The fraction of sp³-hybridized carbons (Fsp3) is 0.273. The highest BCUT2D eigenvalue weighted by Gasteiger charge is 2.20. The molecule has 0 spiro atoms. The number of fused-ring (bicyclic) bond motifs is 1. The summed E-state index contributed by atoms with van der Waals surface area (Å²) in [7, 11) is 0. The van der Waals surface area contributed by atoms with Crippen molar-refractivity contribution in [1.29, 1.82) is 0 Å². The van der Waals surface area contributed by atoms with Crippen LogP contribution in [0.3, 0.4) is 0 Å². The van der Waals surface area contributed by atoms with Crippen molar-refractivity contribution >= 4 is 28.6 Å². The molecule has 2 aromatic heterocycles. The van der Waals surface area contributed by atoms with Gasteiger partial charge in [-0.2, -0.15) is 0 Å². The number of likely N-dealkylation sites (N-methyl/N-ethyl adjacent to an activating group) is 1. The monoisotopic (exact) mass is 393 g/mol. The van der Waals surface area contributed by atoms with E-state index in [0.717, 1.165) is 11.4 Å². The fourth-order valence-electron chi connectivity index (χ4n) is 3.14. The summed E-state index contributed by atoms with van der Waals surface area (Å²) in [4.78, 5) is 43.8. The molecule has 0 atom stereocenters. The van der Waals surface area contributed by atoms with Crippen LogP contribution in [0.15, 0.2) is 53.5 Å². The van der Waals surface area contributed by atoms with Gasteiger partial charge < -0.3 is 14.2 Å². The fourth-order valence-corrected chi connectivity index (χ4v) is 3.14. The van der Waals surface area contributed by atoms with Crippen LogP contribution >= 0.6 is 0 Å². The number of hydrogen-bond donors (Lipinski definition) is 0. The van der Waals surface area contributed by atoms with Crippen molar-refractivity contribution in [3.05, 3.63) is 70.1 Å². The minimum absolute atomic E-state index is 0.111. The Hall–Kier alpha value is -3.48. The normalized spacial score (nSPS) is 10.7. The first kappa shape index (κ1) is 20.3. The van der Waals surface area contributed by atoms with E-state index in [-0.39, 0.29) is 11.5 Å². The van der Waals surface area contributed by atoms with Gasteiger partial charge >= 0.3 is 5.97 Å². The van der Waals surface area contributed by atoms with E-state index in [1.165, 1.54) is 11.1 Å². The molecule has 0 saturated heterocycles. The maximum atomic E-state index is 12.8. The standard InChI is InChI=1S/C22H23N3O4/c1-4-24-13-18(20(27)17-12-11-15(3)23-21(17)24)22(28)29-14-19(26)25(5-2)16-9-7-6-8-10-16/h6-13H,4-5,14H2,1-3H3. The first-order valence-corrected chi connectivity index (χ1v) is 9.49. The van der Waals surface area contributed by atoms with Gasteiger partial charge in [0.05, 0.1) is 5.39 Å². The van der Waals surface area contributed by atoms with Gasteiger partial charge in [0.15, 0.2) is 6.61 Å². The third-order valence-electron chi connectivity index (χ3n) is 4.63. The second-order valence-corrected chi connectivity index (χ2v) is 6.53. The maximum absolute atomic E-state index is 12.8. The molecule has 150 valence electrons. The quantitative estimate of drug-likeness (QED) is 0.602. The van der Waals surface area contributed by atoms with Crippen molar-refractivity contribution in [3.8, 4) is 0 Å². The number of benzene rings is 1. The highest BCUT2D eigenvalue weighted by molar-refractivity contribution is 5.98. The number of para-hydroxylation sites is 1. The molecule has 0 bridgehead atoms. The Morgan fingerprint density at radius 3 is 2.48 bits per heavy atom. The van der Waals surface area contributed by atoms with Gasteiger partial charge in [-0.05, 0) is 45.0 Å². The van der Waals surface area contributed by atoms with Crippen molar-refractivity contribution in [2.45, 2.75) is 27.3 Å². The average molecular weight is 393 g/mol. The lowest BCUT2D eigenvalue weighted by molar-refractivity contribution is -0.121. The van der Waals surface area contributed by atoms with Gasteiger partial charge in [-0.3, -0.25) is 9.59 Å². The number of amides is 1. The van der Waals surface area contributed by atoms with E-state index < -0.39 is 18.0 Å². The number of carbonyl (C=O) groups excluding carboxylic acids is 2. The van der Waals surface area contributed by atoms with E-state index in [2.05, 4.69) is 4.98 Å². The lowest BCUT2D eigenvalue weighted by Crippen LogP contribution is -2.35. The highest BCUT2D eigenvalue weighted by Crippen LogP contribution is 2.14. The number of pyridine rings is 2. The van der Waals surface area contributed by atoms with Crippen LogP contribution in [0.1, 0.15) is 29.9 Å². The Balaban J connectivity index is 1.83. The lowest BCUT2D eigenvalue weighted by atomic mass is 10.2. The van der Waals surface area contributed by atoms with Gasteiger partial charge in [0.25, 0.3) is 5.91 Å². The van der Waals surface area contributed by atoms with Crippen LogP contribution in [0.2, 0.25) is 0 Å². The molecule has 0 aliphatic heterocycles. The zero-order valence-electron chi connectivity index (χ0n) is 16.7. The molecule has 0 unspecified atom stereocenters. The smallest absolute Gasteiger partial charge is 0.344 e. The van der Waals surface area contributed by atoms with E-state index in [4.69, 9.17) is 4.74 Å². The van der Waals surface area contributed by atoms with Gasteiger partial charge in [-0.1, -0.05) is 18.2 Å². The second-order valence-electron chi connectivity index (χ2n) is 6.53. The Morgan fingerprint density at radius 1 is 1.10 bits per heavy atom. The van der Waals surface area contributed by atoms with E-state index in [0.29, 0.717) is 24.1 Å². The van der Waals surface area contributed by atoms with Crippen molar-refractivity contribution < 1.29 is 14.3 Å². The van der Waals surface area contributed by atoms with Gasteiger partial charge in [0.2, 0.25) is 5.43 Å². The van der Waals surface area contributed by atoms with Gasteiger partial charge in [0.1, 0.15) is 11.2 Å². The van der Waals surface area contributed by atoms with Gasteiger partial charge in [-0.15, -0.1) is 0 Å². The predicted molar refractivity (Wildman–Crippen MR) is 111 cm³/mol. The van der Waals surface area contributed by atoms with Crippen molar-refractivity contribution in [3.63, 3.8) is 0 Å². The zero-order chi connectivity index (χ0) is 21.0. The van der Waals surface area contributed by atoms with Crippen LogP contribution in [-0.2, 0) is 16.1 Å². The first-order valence-electron chi connectivity index (χ1n) is 9.49. The summed E-state index contributed by atoms with van der Waals surface area (Å²) in [5, 5.41) is 0.345. The molecule has 29 heavy (non-hydrogen) atoms. The van der Waals surface area contributed by atoms with Crippen LogP contribution in [0.4, 0.5) is 5.69 Å². The van der Waals surface area contributed by atoms with Gasteiger partial charge in [0, 0.05) is 30.7 Å². The molecule has 7 nitrogen and oxygen atoms in total. The third-order valence-corrected chi connectivity index (χ3v) is 4.63. The van der Waals surface area contributed by atoms with Crippen LogP contribution in [-0.4, -0.2) is 34.6 Å². The summed E-state index contributed by atoms with van der Waals surface area (Å²) in [6.07, 6.45) is 1.44. The van der Waals surface area contributed by atoms with Crippen LogP contribution in [0.5, 0.6) is 0 Å². The molecule has 0 saturated carbocycles. The first-order chi connectivity index (χ1) is 14.0. The number of aromatic nitrogens is 2. The molecular weight excluding hydrogens is 370 g/mol. The molecule has 0 N–H and O–H groups in total. The number of aryl methyl sites for hydroxylation is 2. The van der Waals surface area contributed by atoms with Crippen molar-refractivity contribution in [2.24, 2.45) is 0 Å². The number of nitrogens with zero attached hydrogens (tertiary/aromatic N) is 3. The number of hydrogen-bond acceptors (Lipinski definition) is 5. The maximum Gasteiger partial charge on any atom is 0.344 e. The summed E-state index contributed by atoms with van der Waals surface area (Å²) >= 11 is 0. The Morgan fingerprint density at radius 2 is 1.83 bits per heavy atom. The Labute approximate surface area is 168 Å². The van der Waals surface area contributed by atoms with Crippen LogP contribution < -0.4 is 10.3 Å². The van der Waals surface area contributed by atoms with Crippen LogP contribution in [0.25, 0.3) is 11.0 Å². The summed E-state index contributed by atoms with van der Waals surface area (Å²) in [6.45, 7) is 6.09.